The van der Waals surface area contributed by atoms with E-state index >= 15 is 0 Å². The Balaban J connectivity index is 2.11. The molecule has 1 aliphatic heterocycles. The van der Waals surface area contributed by atoms with Gasteiger partial charge in [0, 0.05) is 6.54 Å². The van der Waals surface area contributed by atoms with Crippen LogP contribution in [0.2, 0.25) is 0 Å². The summed E-state index contributed by atoms with van der Waals surface area (Å²) in [6, 6.07) is 5.43. The number of halogens is 1. The first-order valence-electron chi connectivity index (χ1n) is 7.68. The number of carbonyl (C=O) groups excluding carboxylic acids is 2. The third-order valence-corrected chi connectivity index (χ3v) is 4.95. The van der Waals surface area contributed by atoms with E-state index in [0.29, 0.717) is 17.2 Å². The first-order valence-corrected chi connectivity index (χ1v) is 9.29. The molecule has 0 atom stereocenters. The largest absolute Gasteiger partial charge is 0.480 e. The molecular formula is C18H18BrNO3S. The summed E-state index contributed by atoms with van der Waals surface area (Å²) in [6.45, 7) is 2.76. The summed E-state index contributed by atoms with van der Waals surface area (Å²) >= 11 is 4.40. The number of thioether (sulfide) groups is 1. The summed E-state index contributed by atoms with van der Waals surface area (Å²) in [6.07, 6.45) is 9.79. The van der Waals surface area contributed by atoms with Gasteiger partial charge in [0.1, 0.15) is 12.4 Å². The molecule has 2 rings (SSSR count). The second-order valence-corrected chi connectivity index (χ2v) is 7.07. The van der Waals surface area contributed by atoms with Crippen LogP contribution in [-0.4, -0.2) is 29.2 Å². The molecular weight excluding hydrogens is 390 g/mol. The van der Waals surface area contributed by atoms with E-state index in [0.717, 1.165) is 41.1 Å². The van der Waals surface area contributed by atoms with Gasteiger partial charge in [0.25, 0.3) is 11.1 Å². The second kappa shape index (κ2) is 8.95. The normalized spacial score (nSPS) is 15.9. The number of amides is 2. The van der Waals surface area contributed by atoms with Crippen LogP contribution >= 0.6 is 27.7 Å². The molecule has 0 radical (unpaired) electrons. The lowest BCUT2D eigenvalue weighted by atomic mass is 10.2. The van der Waals surface area contributed by atoms with Crippen LogP contribution in [0.15, 0.2) is 27.6 Å². The maximum Gasteiger partial charge on any atom is 0.293 e. The van der Waals surface area contributed by atoms with Gasteiger partial charge in [-0.1, -0.05) is 31.8 Å². The molecule has 2 amide bonds. The standard InChI is InChI=1S/C18H18BrNO3S/c1-3-5-6-9-20-17(21)16(24-18(20)22)12-13-7-8-15(14(19)11-13)23-10-4-2/h2,7-8,11-12H,3,5-6,9-10H2,1H3/b16-12-. The number of terminal acetylenes is 1. The van der Waals surface area contributed by atoms with Crippen molar-refractivity contribution in [1.29, 1.82) is 0 Å². The van der Waals surface area contributed by atoms with Crippen molar-refractivity contribution < 1.29 is 14.3 Å². The molecule has 4 nitrogen and oxygen atoms in total. The lowest BCUT2D eigenvalue weighted by Crippen LogP contribution is -2.29. The van der Waals surface area contributed by atoms with Gasteiger partial charge in [-0.3, -0.25) is 14.5 Å². The van der Waals surface area contributed by atoms with Crippen LogP contribution in [0.3, 0.4) is 0 Å². The first kappa shape index (κ1) is 18.6. The first-order chi connectivity index (χ1) is 11.6. The van der Waals surface area contributed by atoms with Crippen molar-refractivity contribution in [3.63, 3.8) is 0 Å². The predicted molar refractivity (Wildman–Crippen MR) is 101 cm³/mol. The molecule has 0 spiro atoms. The number of benzene rings is 1. The number of hydrogen-bond acceptors (Lipinski definition) is 4. The Kier molecular flexibility index (Phi) is 6.95. The quantitative estimate of drug-likeness (QED) is 0.373. The SMILES string of the molecule is C#CCOc1ccc(/C=C2\SC(=O)N(CCCCC)C2=O)cc1Br. The fraction of sp³-hybridized carbons (Fsp3) is 0.333. The molecule has 1 heterocycles. The molecule has 1 fully saturated rings. The van der Waals surface area contributed by atoms with Crippen LogP contribution in [0.4, 0.5) is 4.79 Å². The summed E-state index contributed by atoms with van der Waals surface area (Å²) in [7, 11) is 0. The average Bonchev–Trinajstić information content (AvgIpc) is 2.82. The minimum Gasteiger partial charge on any atom is -0.480 e. The van der Waals surface area contributed by atoms with Gasteiger partial charge in [-0.25, -0.2) is 0 Å². The monoisotopic (exact) mass is 407 g/mol. The Hall–Kier alpha value is -1.71. The van der Waals surface area contributed by atoms with Gasteiger partial charge >= 0.3 is 0 Å². The summed E-state index contributed by atoms with van der Waals surface area (Å²) in [5.74, 6) is 2.83. The Labute approximate surface area is 154 Å². The zero-order valence-corrected chi connectivity index (χ0v) is 15.8. The molecule has 0 aromatic heterocycles. The smallest absolute Gasteiger partial charge is 0.293 e. The number of unbranched alkanes of at least 4 members (excludes halogenated alkanes) is 2. The van der Waals surface area contributed by atoms with Crippen LogP contribution in [0.5, 0.6) is 5.75 Å². The van der Waals surface area contributed by atoms with Crippen LogP contribution < -0.4 is 4.74 Å². The number of rotatable bonds is 7. The third kappa shape index (κ3) is 4.65. The second-order valence-electron chi connectivity index (χ2n) is 5.22. The highest BCUT2D eigenvalue weighted by atomic mass is 79.9. The molecule has 24 heavy (non-hydrogen) atoms. The number of carbonyl (C=O) groups is 2. The molecule has 1 aromatic carbocycles. The van der Waals surface area contributed by atoms with Gasteiger partial charge < -0.3 is 4.74 Å². The fourth-order valence-corrected chi connectivity index (χ4v) is 3.58. The van der Waals surface area contributed by atoms with Gasteiger partial charge in [-0.15, -0.1) is 6.42 Å². The Bertz CT molecular complexity index is 709. The molecule has 0 unspecified atom stereocenters. The van der Waals surface area contributed by atoms with Crippen molar-refractivity contribution >= 4 is 44.9 Å². The van der Waals surface area contributed by atoms with Crippen molar-refractivity contribution in [2.45, 2.75) is 26.2 Å². The number of nitrogens with zero attached hydrogens (tertiary/aromatic N) is 1. The van der Waals surface area contributed by atoms with Crippen LogP contribution in [-0.2, 0) is 4.79 Å². The number of hydrogen-bond donors (Lipinski definition) is 0. The van der Waals surface area contributed by atoms with Crippen molar-refractivity contribution in [3.8, 4) is 18.1 Å². The van der Waals surface area contributed by atoms with E-state index in [9.17, 15) is 9.59 Å². The minimum absolute atomic E-state index is 0.189. The minimum atomic E-state index is -0.218. The van der Waals surface area contributed by atoms with Gasteiger partial charge in [-0.2, -0.15) is 0 Å². The molecule has 6 heteroatoms. The van der Waals surface area contributed by atoms with Crippen molar-refractivity contribution in [1.82, 2.24) is 4.90 Å². The van der Waals surface area contributed by atoms with E-state index < -0.39 is 0 Å². The number of imide groups is 1. The van der Waals surface area contributed by atoms with E-state index in [1.165, 1.54) is 4.90 Å². The van der Waals surface area contributed by atoms with E-state index in [1.807, 2.05) is 12.1 Å². The lowest BCUT2D eigenvalue weighted by molar-refractivity contribution is -0.122. The molecule has 1 aromatic rings. The van der Waals surface area contributed by atoms with Crippen LogP contribution in [0, 0.1) is 12.3 Å². The van der Waals surface area contributed by atoms with Crippen molar-refractivity contribution in [3.05, 3.63) is 33.1 Å². The van der Waals surface area contributed by atoms with Crippen molar-refractivity contribution in [2.75, 3.05) is 13.2 Å². The van der Waals surface area contributed by atoms with Crippen molar-refractivity contribution in [2.24, 2.45) is 0 Å². The molecule has 1 aliphatic rings. The number of ether oxygens (including phenoxy) is 1. The summed E-state index contributed by atoms with van der Waals surface area (Å²) in [5.41, 5.74) is 0.814. The Morgan fingerprint density at radius 3 is 2.83 bits per heavy atom. The molecule has 0 aliphatic carbocycles. The van der Waals surface area contributed by atoms with Gasteiger partial charge in [0.2, 0.25) is 0 Å². The molecule has 0 N–H and O–H groups in total. The Morgan fingerprint density at radius 1 is 1.38 bits per heavy atom. The highest BCUT2D eigenvalue weighted by Crippen LogP contribution is 2.34. The van der Waals surface area contributed by atoms with E-state index in [-0.39, 0.29) is 17.8 Å². The fourth-order valence-electron chi connectivity index (χ4n) is 2.21. The Morgan fingerprint density at radius 2 is 2.17 bits per heavy atom. The van der Waals surface area contributed by atoms with E-state index in [2.05, 4.69) is 28.8 Å². The highest BCUT2D eigenvalue weighted by Gasteiger charge is 2.34. The topological polar surface area (TPSA) is 46.6 Å². The van der Waals surface area contributed by atoms with E-state index in [1.54, 1.807) is 12.1 Å². The van der Waals surface area contributed by atoms with Crippen LogP contribution in [0.25, 0.3) is 6.08 Å². The molecule has 1 saturated heterocycles. The van der Waals surface area contributed by atoms with Gasteiger partial charge in [0.15, 0.2) is 0 Å². The van der Waals surface area contributed by atoms with Gasteiger partial charge in [0.05, 0.1) is 9.38 Å². The predicted octanol–water partition coefficient (Wildman–Crippen LogP) is 4.69. The third-order valence-electron chi connectivity index (χ3n) is 3.42. The maximum absolute atomic E-state index is 12.4. The van der Waals surface area contributed by atoms with Gasteiger partial charge in [-0.05, 0) is 57.9 Å². The summed E-state index contributed by atoms with van der Waals surface area (Å²) in [5, 5.41) is -0.199. The zero-order chi connectivity index (χ0) is 17.5. The molecule has 0 saturated carbocycles. The highest BCUT2D eigenvalue weighted by molar-refractivity contribution is 9.10. The summed E-state index contributed by atoms with van der Waals surface area (Å²) < 4.78 is 6.13. The average molecular weight is 408 g/mol. The molecule has 0 bridgehead atoms. The maximum atomic E-state index is 12.4. The summed E-state index contributed by atoms with van der Waals surface area (Å²) in [4.78, 5) is 26.1. The molecule has 126 valence electrons. The van der Waals surface area contributed by atoms with Crippen LogP contribution in [0.1, 0.15) is 31.7 Å². The zero-order valence-electron chi connectivity index (χ0n) is 13.4. The van der Waals surface area contributed by atoms with E-state index in [4.69, 9.17) is 11.2 Å². The lowest BCUT2D eigenvalue weighted by Gasteiger charge is -2.11.